The molecule has 0 aromatic carbocycles. The molecule has 0 aliphatic rings. The summed E-state index contributed by atoms with van der Waals surface area (Å²) in [7, 11) is -7.66. The molecule has 0 spiro atoms. The van der Waals surface area contributed by atoms with Crippen molar-refractivity contribution >= 4 is 77.6 Å². The minimum absolute atomic E-state index is 0.0130. The van der Waals surface area contributed by atoms with Gasteiger partial charge in [-0.2, -0.15) is 10.2 Å². The monoisotopic (exact) mass is 793 g/mol. The SMILES string of the molecule is Cc1cnc(NS(=O)(=O)c2ccc(Cl)s2)c(OCc2cccnc2)n1.Cc1cnc(NS(=O)(=O)c2ccc(Cl)s2)c(OCc2cccnn2)n1. The number of hydrogen-bond acceptors (Lipinski definition) is 15. The summed E-state index contributed by atoms with van der Waals surface area (Å²) in [5.41, 5.74) is 2.58. The van der Waals surface area contributed by atoms with Crippen molar-refractivity contribution in [1.82, 2.24) is 35.1 Å². The van der Waals surface area contributed by atoms with Crippen molar-refractivity contribution in [1.29, 1.82) is 0 Å². The van der Waals surface area contributed by atoms with Gasteiger partial charge in [0.15, 0.2) is 0 Å². The summed E-state index contributed by atoms with van der Waals surface area (Å²) in [5, 5.41) is 7.65. The average Bonchev–Trinajstić information content (AvgIpc) is 3.75. The van der Waals surface area contributed by atoms with Gasteiger partial charge in [0.05, 0.1) is 32.5 Å². The second kappa shape index (κ2) is 16.5. The van der Waals surface area contributed by atoms with Crippen LogP contribution in [0.2, 0.25) is 8.67 Å². The highest BCUT2D eigenvalue weighted by atomic mass is 35.5. The highest BCUT2D eigenvalue weighted by Gasteiger charge is 2.22. The third kappa shape index (κ3) is 10.2. The molecule has 0 aliphatic carbocycles. The number of halogens is 2. The molecule has 0 saturated heterocycles. The molecule has 0 radical (unpaired) electrons. The van der Waals surface area contributed by atoms with Gasteiger partial charge in [-0.3, -0.25) is 14.4 Å². The fourth-order valence-electron chi connectivity index (χ4n) is 3.68. The largest absolute Gasteiger partial charge is 0.470 e. The summed E-state index contributed by atoms with van der Waals surface area (Å²) < 4.78 is 66.6. The van der Waals surface area contributed by atoms with Crippen LogP contribution in [-0.4, -0.2) is 52.0 Å². The molecule has 50 heavy (non-hydrogen) atoms. The van der Waals surface area contributed by atoms with Gasteiger partial charge in [-0.25, -0.2) is 36.8 Å². The molecule has 21 heteroatoms. The maximum Gasteiger partial charge on any atom is 0.272 e. The van der Waals surface area contributed by atoms with Crippen LogP contribution in [0.1, 0.15) is 22.6 Å². The zero-order chi connectivity index (χ0) is 35.7. The Morgan fingerprint density at radius 3 is 1.70 bits per heavy atom. The van der Waals surface area contributed by atoms with E-state index in [9.17, 15) is 16.8 Å². The highest BCUT2D eigenvalue weighted by Crippen LogP contribution is 2.30. The second-order valence-corrected chi connectivity index (χ2v) is 17.1. The Morgan fingerprint density at radius 2 is 1.24 bits per heavy atom. The van der Waals surface area contributed by atoms with E-state index in [-0.39, 0.29) is 45.0 Å². The summed E-state index contributed by atoms with van der Waals surface area (Å²) >= 11 is 13.5. The lowest BCUT2D eigenvalue weighted by molar-refractivity contribution is 0.288. The normalized spacial score (nSPS) is 11.3. The number of nitrogens with zero attached hydrogens (tertiary/aromatic N) is 7. The summed E-state index contributed by atoms with van der Waals surface area (Å²) in [6, 6.07) is 12.9. The molecular weight excluding hydrogens is 770 g/mol. The molecule has 6 rings (SSSR count). The molecule has 0 bridgehead atoms. The van der Waals surface area contributed by atoms with E-state index in [4.69, 9.17) is 32.7 Å². The number of hydrogen-bond donors (Lipinski definition) is 2. The standard InChI is InChI=1S/C15H13ClN4O3S2.C14H12ClN5O3S2/c1-10-7-18-14(20-25(21,22)13-5-4-12(16)24-13)15(19-10)23-9-11-3-2-6-17-8-11;1-9-7-16-13(20-25(21,22)12-5-4-11(15)24-12)14(18-9)23-8-10-3-2-6-17-19-10/h2-8H,9H2,1H3,(H,18,20);2-7H,8H2,1H3,(H,16,20). The summed E-state index contributed by atoms with van der Waals surface area (Å²) in [6.45, 7) is 3.72. The Labute approximate surface area is 304 Å². The van der Waals surface area contributed by atoms with Crippen LogP contribution in [0.3, 0.4) is 0 Å². The molecule has 0 amide bonds. The number of pyridine rings is 1. The van der Waals surface area contributed by atoms with Gasteiger partial charge in [-0.05, 0) is 56.3 Å². The number of ether oxygens (including phenoxy) is 2. The van der Waals surface area contributed by atoms with Gasteiger partial charge in [0.1, 0.15) is 27.3 Å². The van der Waals surface area contributed by atoms with Gasteiger partial charge in [0, 0.05) is 24.2 Å². The Hall–Kier alpha value is -4.53. The van der Waals surface area contributed by atoms with Crippen LogP contribution in [0.4, 0.5) is 11.6 Å². The van der Waals surface area contributed by atoms with Gasteiger partial charge in [-0.15, -0.1) is 22.7 Å². The van der Waals surface area contributed by atoms with Crippen LogP contribution in [0.25, 0.3) is 0 Å². The van der Waals surface area contributed by atoms with Gasteiger partial charge in [-0.1, -0.05) is 29.3 Å². The molecule has 0 saturated carbocycles. The smallest absolute Gasteiger partial charge is 0.272 e. The minimum Gasteiger partial charge on any atom is -0.470 e. The Bertz CT molecular complexity index is 2120. The predicted octanol–water partition coefficient (Wildman–Crippen LogP) is 5.94. The third-order valence-corrected chi connectivity index (χ3v) is 12.0. The average molecular weight is 795 g/mol. The van der Waals surface area contributed by atoms with Crippen LogP contribution in [0, 0.1) is 13.8 Å². The number of nitrogens with one attached hydrogen (secondary N) is 2. The van der Waals surface area contributed by atoms with Crippen molar-refractivity contribution in [2.45, 2.75) is 35.5 Å². The van der Waals surface area contributed by atoms with Gasteiger partial charge in [0.25, 0.3) is 31.8 Å². The van der Waals surface area contributed by atoms with Crippen LogP contribution >= 0.6 is 45.9 Å². The summed E-state index contributed by atoms with van der Waals surface area (Å²) in [4.78, 5) is 20.6. The van der Waals surface area contributed by atoms with E-state index >= 15 is 0 Å². The Balaban J connectivity index is 0.000000194. The van der Waals surface area contributed by atoms with Gasteiger partial charge in [0.2, 0.25) is 11.6 Å². The van der Waals surface area contributed by atoms with Crippen molar-refractivity contribution in [3.05, 3.63) is 111 Å². The van der Waals surface area contributed by atoms with Crippen molar-refractivity contribution in [3.8, 4) is 11.8 Å². The van der Waals surface area contributed by atoms with Crippen molar-refractivity contribution in [2.24, 2.45) is 0 Å². The first kappa shape index (κ1) is 36.7. The van der Waals surface area contributed by atoms with Crippen LogP contribution < -0.4 is 18.9 Å². The lowest BCUT2D eigenvalue weighted by Gasteiger charge is -2.11. The van der Waals surface area contributed by atoms with Crippen molar-refractivity contribution in [3.63, 3.8) is 0 Å². The second-order valence-electron chi connectivity index (χ2n) is 9.81. The number of aryl methyl sites for hydroxylation is 2. The summed E-state index contributed by atoms with van der Waals surface area (Å²) in [6.07, 6.45) is 7.74. The van der Waals surface area contributed by atoms with E-state index in [1.165, 1.54) is 36.7 Å². The first-order valence-electron chi connectivity index (χ1n) is 14.0. The number of sulfonamides is 2. The zero-order valence-electron chi connectivity index (χ0n) is 25.9. The Morgan fingerprint density at radius 1 is 0.700 bits per heavy atom. The molecule has 6 aromatic rings. The quantitative estimate of drug-likeness (QED) is 0.148. The molecule has 6 aromatic heterocycles. The van der Waals surface area contributed by atoms with E-state index in [0.717, 1.165) is 28.2 Å². The first-order valence-corrected chi connectivity index (χ1v) is 19.4. The molecule has 2 N–H and O–H groups in total. The molecule has 15 nitrogen and oxygen atoms in total. The molecule has 260 valence electrons. The van der Waals surface area contributed by atoms with Crippen molar-refractivity contribution in [2.75, 3.05) is 9.44 Å². The van der Waals surface area contributed by atoms with E-state index in [1.54, 1.807) is 50.6 Å². The fraction of sp³-hybridized carbons (Fsp3) is 0.138. The predicted molar refractivity (Wildman–Crippen MR) is 189 cm³/mol. The van der Waals surface area contributed by atoms with Gasteiger partial charge < -0.3 is 9.47 Å². The van der Waals surface area contributed by atoms with E-state index in [0.29, 0.717) is 25.8 Å². The lowest BCUT2D eigenvalue weighted by Crippen LogP contribution is -2.15. The Kier molecular flexibility index (Phi) is 12.1. The zero-order valence-corrected chi connectivity index (χ0v) is 30.7. The lowest BCUT2D eigenvalue weighted by atomic mass is 10.3. The number of aromatic nitrogens is 7. The van der Waals surface area contributed by atoms with E-state index in [2.05, 4.69) is 44.6 Å². The van der Waals surface area contributed by atoms with Crippen LogP contribution in [-0.2, 0) is 33.3 Å². The molecule has 6 heterocycles. The fourth-order valence-corrected chi connectivity index (χ4v) is 8.66. The maximum atomic E-state index is 12.4. The van der Waals surface area contributed by atoms with Crippen LogP contribution in [0.15, 0.2) is 87.9 Å². The maximum absolute atomic E-state index is 12.4. The molecule has 0 unspecified atom stereocenters. The van der Waals surface area contributed by atoms with Crippen molar-refractivity contribution < 1.29 is 26.3 Å². The number of rotatable bonds is 12. The summed E-state index contributed by atoms with van der Waals surface area (Å²) in [5.74, 6) is 0.144. The number of anilines is 2. The highest BCUT2D eigenvalue weighted by molar-refractivity contribution is 7.95. The first-order chi connectivity index (χ1) is 23.9. The minimum atomic E-state index is -3.84. The molecule has 0 fully saturated rings. The molecule has 0 atom stereocenters. The topological polar surface area (TPSA) is 201 Å². The van der Waals surface area contributed by atoms with E-state index in [1.807, 2.05) is 6.07 Å². The van der Waals surface area contributed by atoms with Crippen LogP contribution in [0.5, 0.6) is 11.8 Å². The molecule has 0 aliphatic heterocycles. The van der Waals surface area contributed by atoms with E-state index < -0.39 is 20.0 Å². The number of thiophene rings is 2. The van der Waals surface area contributed by atoms with Gasteiger partial charge >= 0.3 is 0 Å². The third-order valence-electron chi connectivity index (χ3n) is 5.89. The molecular formula is C29H25Cl2N9O6S4.